The zero-order valence-corrected chi connectivity index (χ0v) is 10.5. The normalized spacial score (nSPS) is 24.1. The Balaban J connectivity index is 1.71. The molecule has 2 aliphatic rings. The molecule has 18 heavy (non-hydrogen) atoms. The Morgan fingerprint density at radius 1 is 1.17 bits per heavy atom. The molecule has 4 nitrogen and oxygen atoms in total. The van der Waals surface area contributed by atoms with Gasteiger partial charge in [-0.3, -0.25) is 4.79 Å². The quantitative estimate of drug-likeness (QED) is 0.806. The van der Waals surface area contributed by atoms with Crippen molar-refractivity contribution in [2.45, 2.75) is 12.3 Å². The van der Waals surface area contributed by atoms with E-state index >= 15 is 0 Å². The van der Waals surface area contributed by atoms with Crippen LogP contribution in [0.15, 0.2) is 24.3 Å². The van der Waals surface area contributed by atoms with Crippen molar-refractivity contribution in [2.24, 2.45) is 0 Å². The molecule has 0 radical (unpaired) electrons. The first kappa shape index (κ1) is 11.5. The number of hydrogen-bond acceptors (Lipinski definition) is 3. The van der Waals surface area contributed by atoms with Crippen molar-refractivity contribution in [2.75, 3.05) is 37.6 Å². The molecule has 1 unspecified atom stereocenters. The molecule has 4 heteroatoms. The van der Waals surface area contributed by atoms with E-state index in [4.69, 9.17) is 0 Å². The highest BCUT2D eigenvalue weighted by Gasteiger charge is 2.18. The Morgan fingerprint density at radius 3 is 2.67 bits per heavy atom. The molecule has 1 amide bonds. The summed E-state index contributed by atoms with van der Waals surface area (Å²) in [5.41, 5.74) is 2.56. The molecule has 3 rings (SSSR count). The van der Waals surface area contributed by atoms with Crippen molar-refractivity contribution >= 4 is 11.6 Å². The molecule has 0 saturated carbocycles. The summed E-state index contributed by atoms with van der Waals surface area (Å²) < 4.78 is 0. The minimum atomic E-state index is 0.116. The fourth-order valence-electron chi connectivity index (χ4n) is 2.76. The molecule has 0 bridgehead atoms. The molecular formula is C14H19N3O. The van der Waals surface area contributed by atoms with Gasteiger partial charge in [0, 0.05) is 25.3 Å². The number of anilines is 1. The Morgan fingerprint density at radius 2 is 2.00 bits per heavy atom. The lowest BCUT2D eigenvalue weighted by atomic mass is 9.98. The number of rotatable bonds is 2. The average Bonchev–Trinajstić information content (AvgIpc) is 2.93. The summed E-state index contributed by atoms with van der Waals surface area (Å²) in [6.07, 6.45) is 1.23. The van der Waals surface area contributed by atoms with Crippen molar-refractivity contribution in [1.29, 1.82) is 0 Å². The summed E-state index contributed by atoms with van der Waals surface area (Å²) in [5.74, 6) is 0.772. The number of carbonyl (C=O) groups is 1. The van der Waals surface area contributed by atoms with Crippen LogP contribution in [0.3, 0.4) is 0 Å². The minimum Gasteiger partial charge on any atom is -0.360 e. The zero-order chi connectivity index (χ0) is 12.4. The van der Waals surface area contributed by atoms with Crippen LogP contribution in [0.2, 0.25) is 0 Å². The largest absolute Gasteiger partial charge is 0.360 e. The maximum absolute atomic E-state index is 11.4. The van der Waals surface area contributed by atoms with E-state index in [-0.39, 0.29) is 5.91 Å². The summed E-state index contributed by atoms with van der Waals surface area (Å²) in [7, 11) is 0. The van der Waals surface area contributed by atoms with E-state index in [2.05, 4.69) is 39.8 Å². The van der Waals surface area contributed by atoms with Crippen LogP contribution in [0.25, 0.3) is 0 Å². The third-order valence-corrected chi connectivity index (χ3v) is 3.83. The van der Waals surface area contributed by atoms with Crippen LogP contribution >= 0.6 is 0 Å². The standard InChI is InChI=1S/C14H19N3O/c18-14-10-17(8-7-16-14)13-3-1-11(2-4-13)12-5-6-15-9-12/h1-4,12,15H,5-10H2,(H,16,18). The first-order valence-electron chi connectivity index (χ1n) is 6.65. The Bertz CT molecular complexity index is 423. The highest BCUT2D eigenvalue weighted by Crippen LogP contribution is 2.25. The molecule has 2 aliphatic heterocycles. The third kappa shape index (κ3) is 2.34. The van der Waals surface area contributed by atoms with E-state index < -0.39 is 0 Å². The predicted octanol–water partition coefficient (Wildman–Crippen LogP) is 0.700. The van der Waals surface area contributed by atoms with Gasteiger partial charge in [-0.25, -0.2) is 0 Å². The lowest BCUT2D eigenvalue weighted by molar-refractivity contribution is -0.120. The van der Waals surface area contributed by atoms with Crippen molar-refractivity contribution in [1.82, 2.24) is 10.6 Å². The number of carbonyl (C=O) groups excluding carboxylic acids is 1. The number of benzene rings is 1. The highest BCUT2D eigenvalue weighted by molar-refractivity contribution is 5.82. The number of piperazine rings is 1. The summed E-state index contributed by atoms with van der Waals surface area (Å²) in [4.78, 5) is 13.5. The number of nitrogens with one attached hydrogen (secondary N) is 2. The molecule has 2 saturated heterocycles. The van der Waals surface area contributed by atoms with Gasteiger partial charge in [-0.15, -0.1) is 0 Å². The Labute approximate surface area is 107 Å². The predicted molar refractivity (Wildman–Crippen MR) is 71.9 cm³/mol. The minimum absolute atomic E-state index is 0.116. The topological polar surface area (TPSA) is 44.4 Å². The van der Waals surface area contributed by atoms with Crippen LogP contribution in [0, 0.1) is 0 Å². The molecule has 0 aliphatic carbocycles. The Hall–Kier alpha value is -1.55. The lowest BCUT2D eigenvalue weighted by Gasteiger charge is -2.28. The summed E-state index contributed by atoms with van der Waals surface area (Å²) >= 11 is 0. The van der Waals surface area contributed by atoms with Crippen LogP contribution in [-0.4, -0.2) is 38.6 Å². The van der Waals surface area contributed by atoms with Gasteiger partial charge < -0.3 is 15.5 Å². The van der Waals surface area contributed by atoms with Gasteiger partial charge in [0.2, 0.25) is 5.91 Å². The van der Waals surface area contributed by atoms with Gasteiger partial charge in [-0.1, -0.05) is 12.1 Å². The van der Waals surface area contributed by atoms with Crippen LogP contribution < -0.4 is 15.5 Å². The van der Waals surface area contributed by atoms with Crippen LogP contribution in [0.4, 0.5) is 5.69 Å². The average molecular weight is 245 g/mol. The molecule has 0 aromatic heterocycles. The molecule has 2 fully saturated rings. The van der Waals surface area contributed by atoms with Gasteiger partial charge in [0.25, 0.3) is 0 Å². The molecular weight excluding hydrogens is 226 g/mol. The number of nitrogens with zero attached hydrogens (tertiary/aromatic N) is 1. The van der Waals surface area contributed by atoms with E-state index in [9.17, 15) is 4.79 Å². The van der Waals surface area contributed by atoms with Crippen molar-refractivity contribution in [3.8, 4) is 0 Å². The van der Waals surface area contributed by atoms with Gasteiger partial charge in [0.1, 0.15) is 0 Å². The van der Waals surface area contributed by atoms with Gasteiger partial charge in [-0.2, -0.15) is 0 Å². The van der Waals surface area contributed by atoms with Crippen molar-refractivity contribution in [3.05, 3.63) is 29.8 Å². The van der Waals surface area contributed by atoms with Gasteiger partial charge in [0.05, 0.1) is 6.54 Å². The fraction of sp³-hybridized carbons (Fsp3) is 0.500. The van der Waals surface area contributed by atoms with Crippen LogP contribution in [-0.2, 0) is 4.79 Å². The molecule has 0 spiro atoms. The molecule has 1 atom stereocenters. The summed E-state index contributed by atoms with van der Waals surface area (Å²) in [5, 5.41) is 6.24. The fourth-order valence-corrected chi connectivity index (χ4v) is 2.76. The monoisotopic (exact) mass is 245 g/mol. The highest BCUT2D eigenvalue weighted by atomic mass is 16.2. The van der Waals surface area contributed by atoms with E-state index in [0.717, 1.165) is 31.9 Å². The first-order valence-corrected chi connectivity index (χ1v) is 6.65. The van der Waals surface area contributed by atoms with E-state index in [1.807, 2.05) is 0 Å². The van der Waals surface area contributed by atoms with Gasteiger partial charge in [-0.05, 0) is 36.6 Å². The van der Waals surface area contributed by atoms with Gasteiger partial charge >= 0.3 is 0 Å². The number of hydrogen-bond donors (Lipinski definition) is 2. The molecule has 96 valence electrons. The van der Waals surface area contributed by atoms with E-state index in [1.54, 1.807) is 0 Å². The third-order valence-electron chi connectivity index (χ3n) is 3.83. The number of amides is 1. The molecule has 2 heterocycles. The van der Waals surface area contributed by atoms with Gasteiger partial charge in [0.15, 0.2) is 0 Å². The van der Waals surface area contributed by atoms with Crippen molar-refractivity contribution < 1.29 is 4.79 Å². The van der Waals surface area contributed by atoms with Crippen LogP contribution in [0.5, 0.6) is 0 Å². The second-order valence-electron chi connectivity index (χ2n) is 5.05. The van der Waals surface area contributed by atoms with Crippen LogP contribution in [0.1, 0.15) is 17.9 Å². The smallest absolute Gasteiger partial charge is 0.239 e. The maximum Gasteiger partial charge on any atom is 0.239 e. The second kappa shape index (κ2) is 4.98. The molecule has 1 aromatic rings. The SMILES string of the molecule is O=C1CN(c2ccc(C3CCNC3)cc2)CCN1. The summed E-state index contributed by atoms with van der Waals surface area (Å²) in [6.45, 7) is 4.33. The summed E-state index contributed by atoms with van der Waals surface area (Å²) in [6, 6.07) is 8.71. The van der Waals surface area contributed by atoms with Crippen molar-refractivity contribution in [3.63, 3.8) is 0 Å². The lowest BCUT2D eigenvalue weighted by Crippen LogP contribution is -2.47. The van der Waals surface area contributed by atoms with E-state index in [1.165, 1.54) is 12.0 Å². The molecule has 1 aromatic carbocycles. The maximum atomic E-state index is 11.4. The first-order chi connectivity index (χ1) is 8.83. The second-order valence-corrected chi connectivity index (χ2v) is 5.05. The Kier molecular flexibility index (Phi) is 3.19. The van der Waals surface area contributed by atoms with E-state index in [0.29, 0.717) is 12.5 Å². The molecule has 2 N–H and O–H groups in total. The zero-order valence-electron chi connectivity index (χ0n) is 10.5.